The second kappa shape index (κ2) is 5.44. The molecule has 1 unspecified atom stereocenters. The predicted molar refractivity (Wildman–Crippen MR) is 69.4 cm³/mol. The average Bonchev–Trinajstić information content (AvgIpc) is 2.66. The minimum Gasteiger partial charge on any atom is -0.392 e. The number of hydrogen-bond acceptors (Lipinski definition) is 3. The van der Waals surface area contributed by atoms with Crippen LogP contribution < -0.4 is 16.4 Å². The van der Waals surface area contributed by atoms with E-state index in [0.29, 0.717) is 25.8 Å². The molecule has 0 aromatic carbocycles. The Balaban J connectivity index is 2.72. The highest BCUT2D eigenvalue weighted by Gasteiger charge is 2.39. The van der Waals surface area contributed by atoms with Gasteiger partial charge in [0.05, 0.1) is 16.4 Å². The Morgan fingerprint density at radius 1 is 1.59 bits per heavy atom. The van der Waals surface area contributed by atoms with E-state index in [4.69, 9.17) is 18.0 Å². The Morgan fingerprint density at radius 2 is 2.18 bits per heavy atom. The maximum absolute atomic E-state index is 12.2. The molecule has 0 bridgehead atoms. The molecule has 0 aromatic rings. The van der Waals surface area contributed by atoms with Crippen LogP contribution in [0.2, 0.25) is 0 Å². The van der Waals surface area contributed by atoms with Crippen molar-refractivity contribution < 1.29 is 9.59 Å². The molecule has 1 atom stereocenters. The minimum atomic E-state index is -0.791. The SMILES string of the molecule is CCC(CC)(C(=O)NC1CNC(=O)C1)C(N)=S. The van der Waals surface area contributed by atoms with E-state index in [2.05, 4.69) is 10.6 Å². The summed E-state index contributed by atoms with van der Waals surface area (Å²) in [6.45, 7) is 4.26. The Bertz CT molecular complexity index is 340. The van der Waals surface area contributed by atoms with Gasteiger partial charge in [-0.2, -0.15) is 0 Å². The van der Waals surface area contributed by atoms with Crippen molar-refractivity contribution in [3.63, 3.8) is 0 Å². The van der Waals surface area contributed by atoms with Crippen LogP contribution in [0.5, 0.6) is 0 Å². The van der Waals surface area contributed by atoms with E-state index in [-0.39, 0.29) is 22.8 Å². The lowest BCUT2D eigenvalue weighted by Gasteiger charge is -2.30. The van der Waals surface area contributed by atoms with Gasteiger partial charge in [-0.15, -0.1) is 0 Å². The smallest absolute Gasteiger partial charge is 0.233 e. The largest absolute Gasteiger partial charge is 0.392 e. The first-order chi connectivity index (χ1) is 7.96. The summed E-state index contributed by atoms with van der Waals surface area (Å²) in [6.07, 6.45) is 1.46. The number of amides is 2. The molecule has 1 heterocycles. The molecule has 1 fully saturated rings. The highest BCUT2D eigenvalue weighted by atomic mass is 32.1. The first-order valence-corrected chi connectivity index (χ1v) is 6.24. The van der Waals surface area contributed by atoms with Gasteiger partial charge < -0.3 is 16.4 Å². The number of carbonyl (C=O) groups excluding carboxylic acids is 2. The van der Waals surface area contributed by atoms with Crippen molar-refractivity contribution >= 4 is 29.0 Å². The lowest BCUT2D eigenvalue weighted by atomic mass is 9.81. The minimum absolute atomic E-state index is 0.0378. The summed E-state index contributed by atoms with van der Waals surface area (Å²) in [7, 11) is 0. The third-order valence-electron chi connectivity index (χ3n) is 3.43. The molecule has 1 saturated heterocycles. The maximum Gasteiger partial charge on any atom is 0.233 e. The predicted octanol–water partition coefficient (Wildman–Crippen LogP) is 0.0836. The molecular weight excluding hydrogens is 238 g/mol. The summed E-state index contributed by atoms with van der Waals surface area (Å²) in [5.41, 5.74) is 4.89. The summed E-state index contributed by atoms with van der Waals surface area (Å²) in [6, 6.07) is -0.151. The van der Waals surface area contributed by atoms with Gasteiger partial charge in [-0.25, -0.2) is 0 Å². The standard InChI is InChI=1S/C11H19N3O2S/c1-3-11(4-2,9(12)17)10(16)14-7-5-8(15)13-6-7/h7H,3-6H2,1-2H3,(H2,12,17)(H,13,15)(H,14,16). The van der Waals surface area contributed by atoms with Crippen LogP contribution >= 0.6 is 12.2 Å². The lowest BCUT2D eigenvalue weighted by Crippen LogP contribution is -2.51. The molecule has 96 valence electrons. The Labute approximate surface area is 107 Å². The number of nitrogens with two attached hydrogens (primary N) is 1. The van der Waals surface area contributed by atoms with Crippen molar-refractivity contribution in [2.24, 2.45) is 11.1 Å². The molecule has 1 rings (SSSR count). The summed E-state index contributed by atoms with van der Waals surface area (Å²) >= 11 is 5.00. The van der Waals surface area contributed by atoms with Crippen LogP contribution in [-0.4, -0.2) is 29.4 Å². The van der Waals surface area contributed by atoms with Crippen LogP contribution in [0.1, 0.15) is 33.1 Å². The summed E-state index contributed by atoms with van der Waals surface area (Å²) < 4.78 is 0. The topological polar surface area (TPSA) is 84.2 Å². The highest BCUT2D eigenvalue weighted by Crippen LogP contribution is 2.27. The Kier molecular flexibility index (Phi) is 4.45. The fourth-order valence-corrected chi connectivity index (χ4v) is 2.44. The van der Waals surface area contributed by atoms with Gasteiger partial charge in [-0.3, -0.25) is 9.59 Å². The third kappa shape index (κ3) is 2.74. The van der Waals surface area contributed by atoms with Gasteiger partial charge in [0.2, 0.25) is 11.8 Å². The summed E-state index contributed by atoms with van der Waals surface area (Å²) in [5.74, 6) is -0.208. The molecule has 5 nitrogen and oxygen atoms in total. The van der Waals surface area contributed by atoms with Gasteiger partial charge >= 0.3 is 0 Å². The van der Waals surface area contributed by atoms with Crippen molar-refractivity contribution in [1.82, 2.24) is 10.6 Å². The van der Waals surface area contributed by atoms with Crippen LogP contribution in [0.25, 0.3) is 0 Å². The van der Waals surface area contributed by atoms with Gasteiger partial charge in [0.1, 0.15) is 0 Å². The van der Waals surface area contributed by atoms with Gasteiger partial charge in [0, 0.05) is 13.0 Å². The molecule has 1 aliphatic rings. The molecule has 17 heavy (non-hydrogen) atoms. The first kappa shape index (κ1) is 13.9. The van der Waals surface area contributed by atoms with Crippen LogP contribution in [0, 0.1) is 5.41 Å². The molecule has 1 aliphatic heterocycles. The second-order valence-corrected chi connectivity index (χ2v) is 4.77. The monoisotopic (exact) mass is 257 g/mol. The zero-order valence-corrected chi connectivity index (χ0v) is 11.0. The zero-order chi connectivity index (χ0) is 13.1. The second-order valence-electron chi connectivity index (χ2n) is 4.33. The van der Waals surface area contributed by atoms with Crippen molar-refractivity contribution in [2.45, 2.75) is 39.2 Å². The first-order valence-electron chi connectivity index (χ1n) is 5.83. The third-order valence-corrected chi connectivity index (χ3v) is 3.82. The molecule has 4 N–H and O–H groups in total. The maximum atomic E-state index is 12.2. The van der Waals surface area contributed by atoms with Crippen molar-refractivity contribution in [1.29, 1.82) is 0 Å². The molecule has 2 amide bonds. The molecule has 0 saturated carbocycles. The van der Waals surface area contributed by atoms with E-state index in [0.717, 1.165) is 0 Å². The van der Waals surface area contributed by atoms with E-state index in [9.17, 15) is 9.59 Å². The lowest BCUT2D eigenvalue weighted by molar-refractivity contribution is -0.128. The number of rotatable bonds is 5. The van der Waals surface area contributed by atoms with E-state index in [1.165, 1.54) is 0 Å². The Morgan fingerprint density at radius 3 is 2.53 bits per heavy atom. The van der Waals surface area contributed by atoms with Crippen molar-refractivity contribution in [2.75, 3.05) is 6.54 Å². The van der Waals surface area contributed by atoms with Crippen molar-refractivity contribution in [3.8, 4) is 0 Å². The molecule has 0 aromatic heterocycles. The number of nitrogens with one attached hydrogen (secondary N) is 2. The number of carbonyl (C=O) groups is 2. The van der Waals surface area contributed by atoms with E-state index < -0.39 is 5.41 Å². The fourth-order valence-electron chi connectivity index (χ4n) is 2.06. The van der Waals surface area contributed by atoms with Gasteiger partial charge in [0.15, 0.2) is 0 Å². The normalized spacial score (nSPS) is 19.9. The van der Waals surface area contributed by atoms with Gasteiger partial charge in [0.25, 0.3) is 0 Å². The van der Waals surface area contributed by atoms with E-state index in [1.807, 2.05) is 13.8 Å². The van der Waals surface area contributed by atoms with Crippen LogP contribution in [0.4, 0.5) is 0 Å². The molecule has 6 heteroatoms. The zero-order valence-electron chi connectivity index (χ0n) is 10.2. The quantitative estimate of drug-likeness (QED) is 0.609. The number of thiocarbonyl (C=S) groups is 1. The summed E-state index contributed by atoms with van der Waals surface area (Å²) in [5, 5.41) is 5.52. The molecule has 0 radical (unpaired) electrons. The highest BCUT2D eigenvalue weighted by molar-refractivity contribution is 7.80. The van der Waals surface area contributed by atoms with Crippen LogP contribution in [0.15, 0.2) is 0 Å². The van der Waals surface area contributed by atoms with Crippen LogP contribution in [-0.2, 0) is 9.59 Å². The fraction of sp³-hybridized carbons (Fsp3) is 0.727. The van der Waals surface area contributed by atoms with Crippen LogP contribution in [0.3, 0.4) is 0 Å². The Hall–Kier alpha value is -1.17. The van der Waals surface area contributed by atoms with Gasteiger partial charge in [-0.05, 0) is 12.8 Å². The summed E-state index contributed by atoms with van der Waals surface area (Å²) in [4.78, 5) is 23.5. The molecule has 0 spiro atoms. The number of hydrogen-bond donors (Lipinski definition) is 3. The molecular formula is C11H19N3O2S. The van der Waals surface area contributed by atoms with Crippen molar-refractivity contribution in [3.05, 3.63) is 0 Å². The average molecular weight is 257 g/mol. The van der Waals surface area contributed by atoms with E-state index >= 15 is 0 Å². The van der Waals surface area contributed by atoms with E-state index in [1.54, 1.807) is 0 Å². The molecule has 0 aliphatic carbocycles. The van der Waals surface area contributed by atoms with Gasteiger partial charge in [-0.1, -0.05) is 26.1 Å².